The van der Waals surface area contributed by atoms with Crippen LogP contribution in [0, 0.1) is 0 Å². The van der Waals surface area contributed by atoms with Crippen molar-refractivity contribution in [1.82, 2.24) is 5.32 Å². The van der Waals surface area contributed by atoms with Crippen molar-refractivity contribution in [3.05, 3.63) is 28.8 Å². The molecule has 3 nitrogen and oxygen atoms in total. The Labute approximate surface area is 126 Å². The Balaban J connectivity index is 2.15. The van der Waals surface area contributed by atoms with E-state index in [1.54, 1.807) is 0 Å². The summed E-state index contributed by atoms with van der Waals surface area (Å²) in [5.74, 6) is 0. The number of aliphatic hydroxyl groups is 1. The Morgan fingerprint density at radius 1 is 1.35 bits per heavy atom. The Hall–Kier alpha value is -0.770. The largest absolute Gasteiger partial charge is 0.390 e. The zero-order valence-corrected chi connectivity index (χ0v) is 13.4. The first kappa shape index (κ1) is 15.6. The molecule has 0 aromatic heterocycles. The molecule has 1 aliphatic rings. The van der Waals surface area contributed by atoms with Gasteiger partial charge in [0.15, 0.2) is 0 Å². The normalized spacial score (nSPS) is 25.4. The number of nitrogens with one attached hydrogen (secondary N) is 1. The van der Waals surface area contributed by atoms with Gasteiger partial charge < -0.3 is 15.3 Å². The Bertz CT molecular complexity index is 462. The summed E-state index contributed by atoms with van der Waals surface area (Å²) in [4.78, 5) is 2.32. The lowest BCUT2D eigenvalue weighted by atomic mass is 9.98. The lowest BCUT2D eigenvalue weighted by Gasteiger charge is -2.25. The highest BCUT2D eigenvalue weighted by molar-refractivity contribution is 6.31. The minimum Gasteiger partial charge on any atom is -0.390 e. The standard InChI is InChI=1S/C16H25ClN2O/c1-12(18-3)14-6-5-13(11-15(14)17)19-9-4-7-16(2,20)8-10-19/h5-6,11-12,18,20H,4,7-10H2,1-3H3. The van der Waals surface area contributed by atoms with Crippen LogP contribution in [-0.4, -0.2) is 30.8 Å². The molecule has 1 aliphatic heterocycles. The fraction of sp³-hybridized carbons (Fsp3) is 0.625. The lowest BCUT2D eigenvalue weighted by molar-refractivity contribution is 0.0481. The highest BCUT2D eigenvalue weighted by Crippen LogP contribution is 2.30. The van der Waals surface area contributed by atoms with Crippen molar-refractivity contribution in [3.63, 3.8) is 0 Å². The van der Waals surface area contributed by atoms with E-state index in [-0.39, 0.29) is 6.04 Å². The van der Waals surface area contributed by atoms with Crippen LogP contribution in [-0.2, 0) is 0 Å². The number of anilines is 1. The summed E-state index contributed by atoms with van der Waals surface area (Å²) in [6.07, 6.45) is 2.69. The molecule has 0 saturated carbocycles. The smallest absolute Gasteiger partial charge is 0.0637 e. The van der Waals surface area contributed by atoms with Gasteiger partial charge in [0.2, 0.25) is 0 Å². The van der Waals surface area contributed by atoms with E-state index in [4.69, 9.17) is 11.6 Å². The monoisotopic (exact) mass is 296 g/mol. The van der Waals surface area contributed by atoms with Crippen molar-refractivity contribution < 1.29 is 5.11 Å². The Morgan fingerprint density at radius 3 is 2.75 bits per heavy atom. The van der Waals surface area contributed by atoms with E-state index in [0.717, 1.165) is 48.6 Å². The fourth-order valence-corrected chi connectivity index (χ4v) is 3.08. The number of nitrogens with zero attached hydrogens (tertiary/aromatic N) is 1. The highest BCUT2D eigenvalue weighted by atomic mass is 35.5. The molecular weight excluding hydrogens is 272 g/mol. The molecule has 0 bridgehead atoms. The van der Waals surface area contributed by atoms with E-state index in [1.165, 1.54) is 0 Å². The van der Waals surface area contributed by atoms with E-state index in [0.29, 0.717) is 0 Å². The van der Waals surface area contributed by atoms with Crippen molar-refractivity contribution in [2.24, 2.45) is 0 Å². The van der Waals surface area contributed by atoms with E-state index in [2.05, 4.69) is 29.3 Å². The average molecular weight is 297 g/mol. The highest BCUT2D eigenvalue weighted by Gasteiger charge is 2.25. The second-order valence-corrected chi connectivity index (χ2v) is 6.46. The van der Waals surface area contributed by atoms with Gasteiger partial charge in [-0.15, -0.1) is 0 Å². The molecule has 0 radical (unpaired) electrons. The summed E-state index contributed by atoms with van der Waals surface area (Å²) in [5, 5.41) is 14.2. The van der Waals surface area contributed by atoms with Crippen LogP contribution >= 0.6 is 11.6 Å². The first-order chi connectivity index (χ1) is 9.43. The predicted octanol–water partition coefficient (Wildman–Crippen LogP) is 3.36. The molecule has 20 heavy (non-hydrogen) atoms. The van der Waals surface area contributed by atoms with Gasteiger partial charge in [-0.05, 0) is 57.9 Å². The number of hydrogen-bond donors (Lipinski definition) is 2. The summed E-state index contributed by atoms with van der Waals surface area (Å²) in [7, 11) is 1.94. The number of rotatable bonds is 3. The van der Waals surface area contributed by atoms with Crippen molar-refractivity contribution in [1.29, 1.82) is 0 Å². The second kappa shape index (κ2) is 6.33. The van der Waals surface area contributed by atoms with Crippen LogP contribution in [0.3, 0.4) is 0 Å². The van der Waals surface area contributed by atoms with Crippen molar-refractivity contribution >= 4 is 17.3 Å². The molecule has 1 heterocycles. The minimum absolute atomic E-state index is 0.251. The van der Waals surface area contributed by atoms with E-state index < -0.39 is 5.60 Å². The van der Waals surface area contributed by atoms with Gasteiger partial charge in [-0.2, -0.15) is 0 Å². The van der Waals surface area contributed by atoms with Gasteiger partial charge in [0.25, 0.3) is 0 Å². The molecule has 2 rings (SSSR count). The average Bonchev–Trinajstić information content (AvgIpc) is 2.59. The van der Waals surface area contributed by atoms with Gasteiger partial charge in [0.05, 0.1) is 5.60 Å². The summed E-state index contributed by atoms with van der Waals surface area (Å²) in [6, 6.07) is 6.53. The van der Waals surface area contributed by atoms with Gasteiger partial charge in [0, 0.05) is 29.8 Å². The third kappa shape index (κ3) is 3.66. The molecule has 4 heteroatoms. The number of hydrogen-bond acceptors (Lipinski definition) is 3. The maximum absolute atomic E-state index is 10.2. The van der Waals surface area contributed by atoms with Gasteiger partial charge in [-0.25, -0.2) is 0 Å². The van der Waals surface area contributed by atoms with Crippen molar-refractivity contribution in [2.45, 2.75) is 44.8 Å². The van der Waals surface area contributed by atoms with Crippen LogP contribution in [0.2, 0.25) is 5.02 Å². The molecule has 0 aliphatic carbocycles. The SMILES string of the molecule is CNC(C)c1ccc(N2CCCC(C)(O)CC2)cc1Cl. The fourth-order valence-electron chi connectivity index (χ4n) is 2.74. The minimum atomic E-state index is -0.529. The van der Waals surface area contributed by atoms with Crippen molar-refractivity contribution in [3.8, 4) is 0 Å². The van der Waals surface area contributed by atoms with Gasteiger partial charge in [-0.3, -0.25) is 0 Å². The molecule has 1 fully saturated rings. The molecule has 1 saturated heterocycles. The van der Waals surface area contributed by atoms with E-state index >= 15 is 0 Å². The van der Waals surface area contributed by atoms with Crippen LogP contribution in [0.4, 0.5) is 5.69 Å². The number of halogens is 1. The molecule has 1 aromatic carbocycles. The van der Waals surface area contributed by atoms with Gasteiger partial charge in [-0.1, -0.05) is 17.7 Å². The Morgan fingerprint density at radius 2 is 2.10 bits per heavy atom. The van der Waals surface area contributed by atoms with Crippen molar-refractivity contribution in [2.75, 3.05) is 25.0 Å². The second-order valence-electron chi connectivity index (χ2n) is 6.05. The first-order valence-corrected chi connectivity index (χ1v) is 7.75. The molecule has 0 spiro atoms. The van der Waals surface area contributed by atoms with Crippen LogP contribution in [0.5, 0.6) is 0 Å². The van der Waals surface area contributed by atoms with E-state index in [1.807, 2.05) is 20.0 Å². The van der Waals surface area contributed by atoms with E-state index in [9.17, 15) is 5.11 Å². The molecule has 2 N–H and O–H groups in total. The quantitative estimate of drug-likeness (QED) is 0.898. The number of benzene rings is 1. The van der Waals surface area contributed by atoms with Gasteiger partial charge in [0.1, 0.15) is 0 Å². The van der Waals surface area contributed by atoms with Crippen LogP contribution in [0.1, 0.15) is 44.7 Å². The molecule has 112 valence electrons. The van der Waals surface area contributed by atoms with Crippen LogP contribution in [0.25, 0.3) is 0 Å². The third-order valence-corrected chi connectivity index (χ3v) is 4.64. The van der Waals surface area contributed by atoms with Crippen LogP contribution in [0.15, 0.2) is 18.2 Å². The zero-order valence-electron chi connectivity index (χ0n) is 12.6. The maximum Gasteiger partial charge on any atom is 0.0637 e. The predicted molar refractivity (Wildman–Crippen MR) is 85.6 cm³/mol. The topological polar surface area (TPSA) is 35.5 Å². The van der Waals surface area contributed by atoms with Crippen LogP contribution < -0.4 is 10.2 Å². The third-order valence-electron chi connectivity index (χ3n) is 4.31. The molecule has 2 unspecified atom stereocenters. The molecule has 2 atom stereocenters. The summed E-state index contributed by atoms with van der Waals surface area (Å²) in [5.41, 5.74) is 1.75. The summed E-state index contributed by atoms with van der Waals surface area (Å²) in [6.45, 7) is 5.89. The zero-order chi connectivity index (χ0) is 14.8. The first-order valence-electron chi connectivity index (χ1n) is 7.37. The maximum atomic E-state index is 10.2. The summed E-state index contributed by atoms with van der Waals surface area (Å²) >= 11 is 6.40. The molecule has 0 amide bonds. The summed E-state index contributed by atoms with van der Waals surface area (Å²) < 4.78 is 0. The lowest BCUT2D eigenvalue weighted by Crippen LogP contribution is -2.28. The Kier molecular flexibility index (Phi) is 4.95. The molecular formula is C16H25ClN2O. The molecule has 1 aromatic rings. The van der Waals surface area contributed by atoms with Gasteiger partial charge >= 0.3 is 0 Å².